The van der Waals surface area contributed by atoms with Crippen LogP contribution in [0.15, 0.2) is 18.3 Å². The van der Waals surface area contributed by atoms with Crippen molar-refractivity contribution in [1.82, 2.24) is 9.88 Å². The average Bonchev–Trinajstić information content (AvgIpc) is 2.26. The smallest absolute Gasteiger partial charge is 0.354 e. The monoisotopic (exact) mass is 272 g/mol. The second-order valence-electron chi connectivity index (χ2n) is 4.22. The van der Waals surface area contributed by atoms with Gasteiger partial charge in [-0.3, -0.25) is 0 Å². The Labute approximate surface area is 106 Å². The normalized spacial score (nSPS) is 11.7. The molecule has 0 aliphatic carbocycles. The highest BCUT2D eigenvalue weighted by Gasteiger charge is 2.08. The Hall–Kier alpha value is -1.47. The SMILES string of the molecule is CN(CCS(C)(=O)=O)Cc1ccnc(C(=O)O)c1. The molecule has 100 valence electrons. The average molecular weight is 272 g/mol. The van der Waals surface area contributed by atoms with E-state index in [9.17, 15) is 13.2 Å². The van der Waals surface area contributed by atoms with E-state index in [0.717, 1.165) is 5.56 Å². The van der Waals surface area contributed by atoms with E-state index >= 15 is 0 Å². The van der Waals surface area contributed by atoms with Crippen LogP contribution in [0.25, 0.3) is 0 Å². The van der Waals surface area contributed by atoms with E-state index in [-0.39, 0.29) is 11.4 Å². The number of hydrogen-bond acceptors (Lipinski definition) is 5. The van der Waals surface area contributed by atoms with Gasteiger partial charge in [0.15, 0.2) is 0 Å². The van der Waals surface area contributed by atoms with E-state index < -0.39 is 15.8 Å². The van der Waals surface area contributed by atoms with Gasteiger partial charge in [-0.1, -0.05) is 0 Å². The molecule has 0 atom stereocenters. The number of nitrogens with zero attached hydrogens (tertiary/aromatic N) is 2. The minimum absolute atomic E-state index is 0.0102. The molecule has 0 bridgehead atoms. The van der Waals surface area contributed by atoms with Crippen LogP contribution < -0.4 is 0 Å². The van der Waals surface area contributed by atoms with Gasteiger partial charge in [-0.2, -0.15) is 0 Å². The van der Waals surface area contributed by atoms with Gasteiger partial charge in [0.2, 0.25) is 0 Å². The number of carboxylic acids is 1. The minimum atomic E-state index is -2.98. The van der Waals surface area contributed by atoms with Gasteiger partial charge in [-0.05, 0) is 24.7 Å². The maximum atomic E-state index is 11.0. The molecule has 0 saturated carbocycles. The van der Waals surface area contributed by atoms with E-state index in [0.29, 0.717) is 13.1 Å². The summed E-state index contributed by atoms with van der Waals surface area (Å²) >= 11 is 0. The molecule has 1 aromatic heterocycles. The Kier molecular flexibility index (Phi) is 4.80. The Bertz CT molecular complexity index is 528. The van der Waals surface area contributed by atoms with Crippen molar-refractivity contribution in [2.24, 2.45) is 0 Å². The lowest BCUT2D eigenvalue weighted by Crippen LogP contribution is -2.25. The molecule has 0 aliphatic rings. The summed E-state index contributed by atoms with van der Waals surface area (Å²) in [6, 6.07) is 3.20. The van der Waals surface area contributed by atoms with Gasteiger partial charge in [0.05, 0.1) is 5.75 Å². The first-order valence-corrected chi connectivity index (χ1v) is 7.38. The summed E-state index contributed by atoms with van der Waals surface area (Å²) < 4.78 is 22.0. The lowest BCUT2D eigenvalue weighted by Gasteiger charge is -2.16. The lowest BCUT2D eigenvalue weighted by molar-refractivity contribution is 0.0690. The summed E-state index contributed by atoms with van der Waals surface area (Å²) in [5, 5.41) is 8.80. The molecular formula is C11H16N2O4S. The Morgan fingerprint density at radius 2 is 2.17 bits per heavy atom. The van der Waals surface area contributed by atoms with Gasteiger partial charge < -0.3 is 10.0 Å². The second kappa shape index (κ2) is 5.92. The molecule has 1 heterocycles. The zero-order chi connectivity index (χ0) is 13.8. The molecule has 0 radical (unpaired) electrons. The van der Waals surface area contributed by atoms with Crippen molar-refractivity contribution in [2.75, 3.05) is 25.6 Å². The van der Waals surface area contributed by atoms with E-state index in [1.807, 2.05) is 4.90 Å². The molecule has 18 heavy (non-hydrogen) atoms. The number of carbonyl (C=O) groups is 1. The van der Waals surface area contributed by atoms with Gasteiger partial charge in [-0.25, -0.2) is 18.2 Å². The van der Waals surface area contributed by atoms with E-state index in [1.165, 1.54) is 18.5 Å². The quantitative estimate of drug-likeness (QED) is 0.799. The van der Waals surface area contributed by atoms with Crippen LogP contribution in [-0.4, -0.2) is 55.0 Å². The van der Waals surface area contributed by atoms with E-state index in [2.05, 4.69) is 4.98 Å². The van der Waals surface area contributed by atoms with Crippen molar-refractivity contribution in [3.63, 3.8) is 0 Å². The summed E-state index contributed by atoms with van der Waals surface area (Å²) in [6.07, 6.45) is 2.62. The topological polar surface area (TPSA) is 87.6 Å². The molecular weight excluding hydrogens is 256 g/mol. The Balaban J connectivity index is 2.62. The van der Waals surface area contributed by atoms with Gasteiger partial charge in [0.25, 0.3) is 0 Å². The molecule has 0 unspecified atom stereocenters. The number of aromatic carboxylic acids is 1. The fourth-order valence-corrected chi connectivity index (χ4v) is 2.05. The minimum Gasteiger partial charge on any atom is -0.477 e. The summed E-state index contributed by atoms with van der Waals surface area (Å²) in [6.45, 7) is 0.891. The van der Waals surface area contributed by atoms with E-state index in [1.54, 1.807) is 13.1 Å². The van der Waals surface area contributed by atoms with Crippen molar-refractivity contribution in [3.8, 4) is 0 Å². The maximum absolute atomic E-state index is 11.0. The Morgan fingerprint density at radius 1 is 1.50 bits per heavy atom. The lowest BCUT2D eigenvalue weighted by atomic mass is 10.2. The molecule has 1 aromatic rings. The fourth-order valence-electron chi connectivity index (χ4n) is 1.40. The zero-order valence-corrected chi connectivity index (χ0v) is 11.1. The second-order valence-corrected chi connectivity index (χ2v) is 6.48. The van der Waals surface area contributed by atoms with Crippen molar-refractivity contribution in [1.29, 1.82) is 0 Å². The summed E-state index contributed by atoms with van der Waals surface area (Å²) in [5.41, 5.74) is 0.780. The first kappa shape index (κ1) is 14.6. The Morgan fingerprint density at radius 3 is 2.72 bits per heavy atom. The summed E-state index contributed by atoms with van der Waals surface area (Å²) in [5.74, 6) is -0.990. The van der Waals surface area contributed by atoms with Crippen LogP contribution in [0, 0.1) is 0 Å². The molecule has 0 aliphatic heterocycles. The largest absolute Gasteiger partial charge is 0.477 e. The number of pyridine rings is 1. The standard InChI is InChI=1S/C11H16N2O4S/c1-13(5-6-18(2,16)17)8-9-3-4-12-10(7-9)11(14)15/h3-4,7H,5-6,8H2,1-2H3,(H,14,15). The molecule has 0 amide bonds. The van der Waals surface area contributed by atoms with Crippen LogP contribution in [0.2, 0.25) is 0 Å². The predicted octanol–water partition coefficient (Wildman–Crippen LogP) is 0.256. The molecule has 0 saturated heterocycles. The molecule has 7 heteroatoms. The molecule has 6 nitrogen and oxygen atoms in total. The van der Waals surface area contributed by atoms with Gasteiger partial charge >= 0.3 is 5.97 Å². The highest BCUT2D eigenvalue weighted by Crippen LogP contribution is 2.05. The van der Waals surface area contributed by atoms with Crippen molar-refractivity contribution < 1.29 is 18.3 Å². The fraction of sp³-hybridized carbons (Fsp3) is 0.455. The van der Waals surface area contributed by atoms with Crippen molar-refractivity contribution in [3.05, 3.63) is 29.6 Å². The van der Waals surface area contributed by atoms with Crippen LogP contribution in [0.5, 0.6) is 0 Å². The van der Waals surface area contributed by atoms with Gasteiger partial charge in [-0.15, -0.1) is 0 Å². The molecule has 0 spiro atoms. The van der Waals surface area contributed by atoms with Gasteiger partial charge in [0, 0.05) is 25.5 Å². The number of sulfone groups is 1. The zero-order valence-electron chi connectivity index (χ0n) is 10.3. The van der Waals surface area contributed by atoms with Crippen LogP contribution in [0.3, 0.4) is 0 Å². The molecule has 1 rings (SSSR count). The van der Waals surface area contributed by atoms with Crippen LogP contribution >= 0.6 is 0 Å². The molecule has 0 aromatic carbocycles. The number of aromatic nitrogens is 1. The van der Waals surface area contributed by atoms with Gasteiger partial charge in [0.1, 0.15) is 15.5 Å². The maximum Gasteiger partial charge on any atom is 0.354 e. The third-order valence-electron chi connectivity index (χ3n) is 2.34. The highest BCUT2D eigenvalue weighted by molar-refractivity contribution is 7.90. The molecule has 0 fully saturated rings. The first-order chi connectivity index (χ1) is 8.28. The van der Waals surface area contributed by atoms with Crippen LogP contribution in [-0.2, 0) is 16.4 Å². The summed E-state index contributed by atoms with van der Waals surface area (Å²) in [4.78, 5) is 16.3. The molecule has 1 N–H and O–H groups in total. The van der Waals surface area contributed by atoms with E-state index in [4.69, 9.17) is 5.11 Å². The first-order valence-electron chi connectivity index (χ1n) is 5.32. The van der Waals surface area contributed by atoms with Crippen LogP contribution in [0.1, 0.15) is 16.1 Å². The van der Waals surface area contributed by atoms with Crippen LogP contribution in [0.4, 0.5) is 0 Å². The number of hydrogen-bond donors (Lipinski definition) is 1. The predicted molar refractivity (Wildman–Crippen MR) is 67.2 cm³/mol. The van der Waals surface area contributed by atoms with Crippen molar-refractivity contribution >= 4 is 15.8 Å². The number of rotatable bonds is 6. The summed E-state index contributed by atoms with van der Waals surface area (Å²) in [7, 11) is -1.20. The third-order valence-corrected chi connectivity index (χ3v) is 3.26. The number of carboxylic acid groups (broad SMARTS) is 1. The highest BCUT2D eigenvalue weighted by atomic mass is 32.2. The third kappa shape index (κ3) is 5.24. The van der Waals surface area contributed by atoms with Crippen molar-refractivity contribution in [2.45, 2.75) is 6.54 Å².